The van der Waals surface area contributed by atoms with Gasteiger partial charge in [-0.05, 0) is 38.1 Å². The number of anilines is 4. The molecule has 0 saturated carbocycles. The molecule has 1 aliphatic heterocycles. The number of nitrogens with two attached hydrogens (primary N) is 1. The highest BCUT2D eigenvalue weighted by Gasteiger charge is 2.31. The van der Waals surface area contributed by atoms with Crippen molar-refractivity contribution < 1.29 is 13.2 Å². The lowest BCUT2D eigenvalue weighted by atomic mass is 10.1. The lowest BCUT2D eigenvalue weighted by Gasteiger charge is -2.19. The topological polar surface area (TPSA) is 79.1 Å². The van der Waals surface area contributed by atoms with Crippen LogP contribution in [0, 0.1) is 0 Å². The van der Waals surface area contributed by atoms with Crippen LogP contribution in [0.15, 0.2) is 24.3 Å². The van der Waals surface area contributed by atoms with Crippen molar-refractivity contribution in [3.05, 3.63) is 35.5 Å². The first-order valence-electron chi connectivity index (χ1n) is 9.33. The fourth-order valence-corrected chi connectivity index (χ4v) is 3.31. The number of alkyl halides is 3. The van der Waals surface area contributed by atoms with Crippen LogP contribution in [0.25, 0.3) is 0 Å². The van der Waals surface area contributed by atoms with Crippen molar-refractivity contribution in [3.63, 3.8) is 0 Å². The minimum Gasteiger partial charge on any atom is -0.399 e. The van der Waals surface area contributed by atoms with Gasteiger partial charge in [0.25, 0.3) is 0 Å². The molecule has 0 spiro atoms. The fourth-order valence-electron chi connectivity index (χ4n) is 3.31. The quantitative estimate of drug-likeness (QED) is 0.650. The number of rotatable bonds is 6. The van der Waals surface area contributed by atoms with Crippen LogP contribution in [0.1, 0.15) is 31.0 Å². The zero-order chi connectivity index (χ0) is 20.3. The average Bonchev–Trinajstić information content (AvgIpc) is 3.10. The highest BCUT2D eigenvalue weighted by Crippen LogP contribution is 2.33. The van der Waals surface area contributed by atoms with E-state index in [1.807, 2.05) is 13.1 Å². The number of benzene rings is 1. The Morgan fingerprint density at radius 2 is 2.00 bits per heavy atom. The molecule has 9 heteroatoms. The summed E-state index contributed by atoms with van der Waals surface area (Å²) < 4.78 is 39.2. The molecular formula is C19H25F3N6. The summed E-state index contributed by atoms with van der Waals surface area (Å²) in [7, 11) is 1.93. The van der Waals surface area contributed by atoms with Crippen molar-refractivity contribution >= 4 is 23.1 Å². The van der Waals surface area contributed by atoms with Gasteiger partial charge < -0.3 is 21.3 Å². The van der Waals surface area contributed by atoms with Crippen LogP contribution in [0.5, 0.6) is 0 Å². The molecule has 0 amide bonds. The Balaban J connectivity index is 1.90. The Labute approximate surface area is 162 Å². The highest BCUT2D eigenvalue weighted by molar-refractivity contribution is 5.63. The van der Waals surface area contributed by atoms with E-state index in [0.717, 1.165) is 56.0 Å². The van der Waals surface area contributed by atoms with Gasteiger partial charge in [-0.3, -0.25) is 0 Å². The van der Waals surface area contributed by atoms with Gasteiger partial charge in [0.15, 0.2) is 0 Å². The van der Waals surface area contributed by atoms with Crippen LogP contribution in [-0.4, -0.2) is 36.1 Å². The molecular weight excluding hydrogens is 369 g/mol. The van der Waals surface area contributed by atoms with Crippen molar-refractivity contribution in [1.82, 2.24) is 15.3 Å². The number of hydrogen-bond donors (Lipinski definition) is 3. The fraction of sp³-hybridized carbons (Fsp3) is 0.474. The normalized spacial score (nSPS) is 17.2. The minimum absolute atomic E-state index is 0.0265. The summed E-state index contributed by atoms with van der Waals surface area (Å²) in [6.07, 6.45) is -1.79. The number of nitrogen functional groups attached to an aromatic ring is 1. The summed E-state index contributed by atoms with van der Waals surface area (Å²) in [5, 5.41) is 6.16. The van der Waals surface area contributed by atoms with Crippen molar-refractivity contribution in [3.8, 4) is 0 Å². The van der Waals surface area contributed by atoms with Crippen LogP contribution < -0.4 is 21.3 Å². The van der Waals surface area contributed by atoms with E-state index >= 15 is 0 Å². The second-order valence-electron chi connectivity index (χ2n) is 6.98. The van der Waals surface area contributed by atoms with E-state index in [-0.39, 0.29) is 17.3 Å². The molecule has 2 heterocycles. The van der Waals surface area contributed by atoms with E-state index in [9.17, 15) is 13.2 Å². The van der Waals surface area contributed by atoms with Gasteiger partial charge in [-0.25, -0.2) is 4.98 Å². The van der Waals surface area contributed by atoms with Gasteiger partial charge in [-0.1, -0.05) is 13.3 Å². The predicted octanol–water partition coefficient (Wildman–Crippen LogP) is 3.57. The van der Waals surface area contributed by atoms with Crippen LogP contribution in [0.2, 0.25) is 0 Å². The second kappa shape index (κ2) is 8.22. The third-order valence-corrected chi connectivity index (χ3v) is 4.73. The molecule has 1 aromatic carbocycles. The third kappa shape index (κ3) is 4.83. The number of hydrogen-bond acceptors (Lipinski definition) is 6. The smallest absolute Gasteiger partial charge is 0.399 e. The van der Waals surface area contributed by atoms with E-state index in [2.05, 4.69) is 32.4 Å². The first-order valence-corrected chi connectivity index (χ1v) is 9.33. The Morgan fingerprint density at radius 1 is 1.21 bits per heavy atom. The number of halogens is 3. The average molecular weight is 394 g/mol. The van der Waals surface area contributed by atoms with Gasteiger partial charge >= 0.3 is 6.18 Å². The summed E-state index contributed by atoms with van der Waals surface area (Å²) in [6, 6.07) is 5.71. The molecule has 1 saturated heterocycles. The molecule has 2 aromatic rings. The lowest BCUT2D eigenvalue weighted by Crippen LogP contribution is -2.30. The number of nitrogens with one attached hydrogen (secondary N) is 2. The van der Waals surface area contributed by atoms with Gasteiger partial charge in [0, 0.05) is 42.3 Å². The van der Waals surface area contributed by atoms with E-state index in [1.165, 1.54) is 6.07 Å². The van der Waals surface area contributed by atoms with E-state index < -0.39 is 11.7 Å². The van der Waals surface area contributed by atoms with Crippen molar-refractivity contribution in [1.29, 1.82) is 0 Å². The standard InChI is InChI=1S/C19H25F3N6/c1-3-4-14-10-17(28-6-5-15(11-28)24-2)27-18(25-14)26-16-8-12(19(20,21)22)7-13(23)9-16/h7-10,15,24H,3-6,11,23H2,1-2H3,(H,25,26,27). The predicted molar refractivity (Wildman–Crippen MR) is 105 cm³/mol. The summed E-state index contributed by atoms with van der Waals surface area (Å²) in [5.74, 6) is 1.05. The van der Waals surface area contributed by atoms with Gasteiger partial charge in [0.05, 0.1) is 5.56 Å². The van der Waals surface area contributed by atoms with Gasteiger partial charge in [0.1, 0.15) is 5.82 Å². The maximum Gasteiger partial charge on any atom is 0.416 e. The zero-order valence-electron chi connectivity index (χ0n) is 16.0. The molecule has 1 atom stereocenters. The first-order chi connectivity index (χ1) is 13.3. The first kappa shape index (κ1) is 20.2. The van der Waals surface area contributed by atoms with Crippen molar-refractivity contribution in [2.75, 3.05) is 36.1 Å². The molecule has 3 rings (SSSR count). The van der Waals surface area contributed by atoms with Gasteiger partial charge in [0.2, 0.25) is 5.95 Å². The molecule has 0 aliphatic carbocycles. The zero-order valence-corrected chi connectivity index (χ0v) is 16.0. The monoisotopic (exact) mass is 394 g/mol. The molecule has 1 aromatic heterocycles. The van der Waals surface area contributed by atoms with Crippen molar-refractivity contribution in [2.24, 2.45) is 0 Å². The van der Waals surface area contributed by atoms with Gasteiger partial charge in [-0.15, -0.1) is 0 Å². The minimum atomic E-state index is -4.47. The molecule has 1 fully saturated rings. The summed E-state index contributed by atoms with van der Waals surface area (Å²) in [4.78, 5) is 11.2. The van der Waals surface area contributed by atoms with E-state index in [0.29, 0.717) is 6.04 Å². The Hall–Kier alpha value is -2.55. The molecule has 0 bridgehead atoms. The molecule has 6 nitrogen and oxygen atoms in total. The van der Waals surface area contributed by atoms with Crippen LogP contribution in [0.3, 0.4) is 0 Å². The van der Waals surface area contributed by atoms with Crippen molar-refractivity contribution in [2.45, 2.75) is 38.4 Å². The maximum atomic E-state index is 13.1. The maximum absolute atomic E-state index is 13.1. The SMILES string of the molecule is CCCc1cc(N2CCC(NC)C2)nc(Nc2cc(N)cc(C(F)(F)F)c2)n1. The van der Waals surface area contributed by atoms with Crippen LogP contribution in [0.4, 0.5) is 36.3 Å². The number of nitrogens with zero attached hydrogens (tertiary/aromatic N) is 3. The second-order valence-corrected chi connectivity index (χ2v) is 6.98. The molecule has 1 aliphatic rings. The molecule has 0 radical (unpaired) electrons. The highest BCUT2D eigenvalue weighted by atomic mass is 19.4. The number of aryl methyl sites for hydroxylation is 1. The van der Waals surface area contributed by atoms with Crippen LogP contribution in [-0.2, 0) is 12.6 Å². The molecule has 152 valence electrons. The third-order valence-electron chi connectivity index (χ3n) is 4.73. The van der Waals surface area contributed by atoms with Crippen LogP contribution >= 0.6 is 0 Å². The largest absolute Gasteiger partial charge is 0.416 e. The Kier molecular flexibility index (Phi) is 5.93. The molecule has 4 N–H and O–H groups in total. The van der Waals surface area contributed by atoms with E-state index in [1.54, 1.807) is 0 Å². The summed E-state index contributed by atoms with van der Waals surface area (Å²) in [5.41, 5.74) is 5.93. The lowest BCUT2D eigenvalue weighted by molar-refractivity contribution is -0.137. The molecule has 28 heavy (non-hydrogen) atoms. The Morgan fingerprint density at radius 3 is 2.64 bits per heavy atom. The van der Waals surface area contributed by atoms with E-state index in [4.69, 9.17) is 5.73 Å². The Bertz CT molecular complexity index is 824. The van der Waals surface area contributed by atoms with Gasteiger partial charge in [-0.2, -0.15) is 18.2 Å². The number of likely N-dealkylation sites (N-methyl/N-ethyl adjacent to an activating group) is 1. The number of aromatic nitrogens is 2. The summed E-state index contributed by atoms with van der Waals surface area (Å²) >= 11 is 0. The summed E-state index contributed by atoms with van der Waals surface area (Å²) in [6.45, 7) is 3.74. The molecule has 1 unspecified atom stereocenters.